The predicted molar refractivity (Wildman–Crippen MR) is 135 cm³/mol. The van der Waals surface area contributed by atoms with Crippen molar-refractivity contribution in [1.82, 2.24) is 14.9 Å². The Morgan fingerprint density at radius 2 is 1.68 bits per heavy atom. The van der Waals surface area contributed by atoms with E-state index in [0.29, 0.717) is 23.8 Å². The highest BCUT2D eigenvalue weighted by Crippen LogP contribution is 2.24. The van der Waals surface area contributed by atoms with Crippen LogP contribution in [0, 0.1) is 0 Å². The number of hydrogen-bond donors (Lipinski definition) is 2. The fraction of sp³-hybridized carbons (Fsp3) is 0.154. The molecule has 0 spiro atoms. The molecular formula is C26H25N5O2S. The molecule has 4 rings (SSSR count). The molecule has 0 aliphatic carbocycles. The number of nitrogens with two attached hydrogens (primary N) is 1. The third-order valence-electron chi connectivity index (χ3n) is 5.29. The topological polar surface area (TPSA) is 101 Å². The second-order valence-corrected chi connectivity index (χ2v) is 8.67. The molecular weight excluding hydrogens is 446 g/mol. The molecule has 0 fully saturated rings. The number of pyridine rings is 1. The quantitative estimate of drug-likeness (QED) is 0.384. The number of aromatic nitrogens is 2. The maximum absolute atomic E-state index is 13.0. The Hall–Kier alpha value is -4.04. The van der Waals surface area contributed by atoms with E-state index in [1.54, 1.807) is 17.3 Å². The highest BCUT2D eigenvalue weighted by atomic mass is 32.1. The average Bonchev–Trinajstić information content (AvgIpc) is 3.29. The number of anilines is 2. The molecule has 2 aromatic heterocycles. The van der Waals surface area contributed by atoms with Crippen LogP contribution >= 0.6 is 11.3 Å². The van der Waals surface area contributed by atoms with E-state index in [0.717, 1.165) is 22.4 Å². The molecule has 34 heavy (non-hydrogen) atoms. The lowest BCUT2D eigenvalue weighted by Gasteiger charge is -2.22. The molecule has 7 nitrogen and oxygen atoms in total. The van der Waals surface area contributed by atoms with Crippen molar-refractivity contribution in [2.75, 3.05) is 24.1 Å². The van der Waals surface area contributed by atoms with E-state index in [2.05, 4.69) is 15.3 Å². The van der Waals surface area contributed by atoms with Gasteiger partial charge in [0.2, 0.25) is 11.8 Å². The number of amides is 2. The van der Waals surface area contributed by atoms with Crippen molar-refractivity contribution in [3.05, 3.63) is 95.6 Å². The second-order valence-electron chi connectivity index (χ2n) is 7.78. The molecule has 2 amide bonds. The second kappa shape index (κ2) is 11.2. The van der Waals surface area contributed by atoms with Crippen LogP contribution in [0.25, 0.3) is 11.3 Å². The maximum Gasteiger partial charge on any atom is 0.243 e. The molecule has 4 aromatic rings. The largest absolute Gasteiger partial charge is 0.375 e. The monoisotopic (exact) mass is 471 g/mol. The molecule has 0 aliphatic rings. The van der Waals surface area contributed by atoms with Crippen LogP contribution < -0.4 is 11.1 Å². The first-order chi connectivity index (χ1) is 16.6. The Labute approximate surface area is 202 Å². The van der Waals surface area contributed by atoms with Crippen molar-refractivity contribution in [3.63, 3.8) is 0 Å². The van der Waals surface area contributed by atoms with Crippen LogP contribution in [-0.2, 0) is 22.4 Å². The Balaban J connectivity index is 1.40. The van der Waals surface area contributed by atoms with Gasteiger partial charge >= 0.3 is 0 Å². The zero-order chi connectivity index (χ0) is 23.8. The van der Waals surface area contributed by atoms with Gasteiger partial charge in [-0.25, -0.2) is 4.98 Å². The van der Waals surface area contributed by atoms with Gasteiger partial charge in [-0.15, -0.1) is 11.3 Å². The lowest BCUT2D eigenvalue weighted by Crippen LogP contribution is -2.40. The van der Waals surface area contributed by atoms with Crippen molar-refractivity contribution in [2.45, 2.75) is 12.8 Å². The van der Waals surface area contributed by atoms with Crippen molar-refractivity contribution in [2.24, 2.45) is 0 Å². The van der Waals surface area contributed by atoms with Crippen molar-refractivity contribution < 1.29 is 9.59 Å². The molecule has 0 saturated heterocycles. The summed E-state index contributed by atoms with van der Waals surface area (Å²) in [5.41, 5.74) is 10.1. The average molecular weight is 472 g/mol. The summed E-state index contributed by atoms with van der Waals surface area (Å²) >= 11 is 1.38. The molecule has 0 unspecified atom stereocenters. The minimum absolute atomic E-state index is 0.0267. The molecule has 0 radical (unpaired) electrons. The van der Waals surface area contributed by atoms with Gasteiger partial charge in [0.05, 0.1) is 18.7 Å². The van der Waals surface area contributed by atoms with Gasteiger partial charge in [0.25, 0.3) is 0 Å². The van der Waals surface area contributed by atoms with Gasteiger partial charge in [-0.3, -0.25) is 14.6 Å². The molecule has 2 heterocycles. The molecule has 0 saturated carbocycles. The first-order valence-electron chi connectivity index (χ1n) is 10.9. The lowest BCUT2D eigenvalue weighted by molar-refractivity contribution is -0.134. The summed E-state index contributed by atoms with van der Waals surface area (Å²) in [5.74, 6) is -0.351. The molecule has 8 heteroatoms. The predicted octanol–water partition coefficient (Wildman–Crippen LogP) is 4.04. The van der Waals surface area contributed by atoms with Gasteiger partial charge in [0.15, 0.2) is 5.13 Å². The summed E-state index contributed by atoms with van der Waals surface area (Å²) in [5, 5.41) is 5.29. The van der Waals surface area contributed by atoms with E-state index in [1.807, 2.05) is 72.1 Å². The number of benzene rings is 2. The summed E-state index contributed by atoms with van der Waals surface area (Å²) < 4.78 is 0. The lowest BCUT2D eigenvalue weighted by atomic mass is 10.1. The van der Waals surface area contributed by atoms with E-state index in [1.165, 1.54) is 11.3 Å². The van der Waals surface area contributed by atoms with E-state index < -0.39 is 0 Å². The van der Waals surface area contributed by atoms with E-state index in [9.17, 15) is 9.59 Å². The SMILES string of the molecule is Nc1nc(-c2ccc(NC(=O)CN(CCc3ccccc3)C(=O)Cc3ccncc3)cc2)cs1. The van der Waals surface area contributed by atoms with E-state index >= 15 is 0 Å². The van der Waals surface area contributed by atoms with Crippen molar-refractivity contribution >= 4 is 34.0 Å². The molecule has 3 N–H and O–H groups in total. The summed E-state index contributed by atoms with van der Waals surface area (Å²) in [6.45, 7) is 0.423. The number of hydrogen-bond acceptors (Lipinski definition) is 6. The van der Waals surface area contributed by atoms with Gasteiger partial charge in [-0.05, 0) is 41.8 Å². The van der Waals surface area contributed by atoms with Crippen LogP contribution in [0.3, 0.4) is 0 Å². The first kappa shape index (κ1) is 23.1. The van der Waals surface area contributed by atoms with Crippen LogP contribution in [0.1, 0.15) is 11.1 Å². The van der Waals surface area contributed by atoms with Crippen LogP contribution in [0.2, 0.25) is 0 Å². The van der Waals surface area contributed by atoms with Gasteiger partial charge < -0.3 is 16.0 Å². The standard InChI is InChI=1S/C26H25N5O2S/c27-26-30-23(18-34-26)21-6-8-22(9-7-21)29-24(32)17-31(15-12-19-4-2-1-3-5-19)25(33)16-20-10-13-28-14-11-20/h1-11,13-14,18H,12,15-17H2,(H2,27,30)(H,29,32). The number of thiazole rings is 1. The van der Waals surface area contributed by atoms with Crippen molar-refractivity contribution in [1.29, 1.82) is 0 Å². The number of rotatable bonds is 9. The Bertz CT molecular complexity index is 1230. The van der Waals surface area contributed by atoms with Crippen LogP contribution in [0.15, 0.2) is 84.5 Å². The molecule has 2 aromatic carbocycles. The number of carbonyl (C=O) groups excluding carboxylic acids is 2. The third-order valence-corrected chi connectivity index (χ3v) is 5.97. The van der Waals surface area contributed by atoms with Crippen molar-refractivity contribution in [3.8, 4) is 11.3 Å². The minimum atomic E-state index is -0.248. The summed E-state index contributed by atoms with van der Waals surface area (Å²) in [6, 6.07) is 20.9. The zero-order valence-corrected chi connectivity index (χ0v) is 19.4. The Morgan fingerprint density at radius 3 is 2.35 bits per heavy atom. The Kier molecular flexibility index (Phi) is 7.62. The van der Waals surface area contributed by atoms with Gasteiger partial charge in [0.1, 0.15) is 0 Å². The van der Waals surface area contributed by atoms with E-state index in [-0.39, 0.29) is 24.8 Å². The van der Waals surface area contributed by atoms with Crippen LogP contribution in [0.5, 0.6) is 0 Å². The van der Waals surface area contributed by atoms with E-state index in [4.69, 9.17) is 5.73 Å². The maximum atomic E-state index is 13.0. The number of nitrogen functional groups attached to an aromatic ring is 1. The fourth-order valence-electron chi connectivity index (χ4n) is 3.51. The number of nitrogens with one attached hydrogen (secondary N) is 1. The minimum Gasteiger partial charge on any atom is -0.375 e. The number of nitrogens with zero attached hydrogens (tertiary/aromatic N) is 3. The van der Waals surface area contributed by atoms with Gasteiger partial charge in [-0.1, -0.05) is 42.5 Å². The van der Waals surface area contributed by atoms with Crippen LogP contribution in [-0.4, -0.2) is 39.8 Å². The smallest absolute Gasteiger partial charge is 0.243 e. The fourth-order valence-corrected chi connectivity index (χ4v) is 4.08. The van der Waals surface area contributed by atoms with Gasteiger partial charge in [-0.2, -0.15) is 0 Å². The molecule has 0 aliphatic heterocycles. The zero-order valence-electron chi connectivity index (χ0n) is 18.6. The molecule has 0 atom stereocenters. The number of carbonyl (C=O) groups is 2. The van der Waals surface area contributed by atoms with Gasteiger partial charge in [0, 0.05) is 35.6 Å². The summed E-state index contributed by atoms with van der Waals surface area (Å²) in [7, 11) is 0. The highest BCUT2D eigenvalue weighted by Gasteiger charge is 2.18. The normalized spacial score (nSPS) is 10.6. The summed E-state index contributed by atoms with van der Waals surface area (Å²) in [4.78, 5) is 35.7. The molecule has 0 bridgehead atoms. The molecule has 172 valence electrons. The Morgan fingerprint density at radius 1 is 0.941 bits per heavy atom. The summed E-state index contributed by atoms with van der Waals surface area (Å²) in [6.07, 6.45) is 4.21. The first-order valence-corrected chi connectivity index (χ1v) is 11.8. The van der Waals surface area contributed by atoms with Crippen LogP contribution in [0.4, 0.5) is 10.8 Å². The highest BCUT2D eigenvalue weighted by molar-refractivity contribution is 7.13. The third kappa shape index (κ3) is 6.49.